The van der Waals surface area contributed by atoms with Gasteiger partial charge in [0.25, 0.3) is 5.91 Å². The van der Waals surface area contributed by atoms with Crippen molar-refractivity contribution in [3.8, 4) is 0 Å². The Kier molecular flexibility index (Phi) is 8.03. The number of sulfone groups is 1. The summed E-state index contributed by atoms with van der Waals surface area (Å²) in [6, 6.07) is 12.6. The van der Waals surface area contributed by atoms with Gasteiger partial charge >= 0.3 is 6.18 Å². The zero-order valence-electron chi connectivity index (χ0n) is 18.0. The molecule has 1 aromatic carbocycles. The molecule has 0 radical (unpaired) electrons. The number of pyridine rings is 1. The van der Waals surface area contributed by atoms with Gasteiger partial charge in [0, 0.05) is 16.9 Å². The summed E-state index contributed by atoms with van der Waals surface area (Å²) in [7, 11) is -2.92. The molecule has 2 aromatic heterocycles. The van der Waals surface area contributed by atoms with E-state index >= 15 is 0 Å². The van der Waals surface area contributed by atoms with Crippen molar-refractivity contribution in [2.24, 2.45) is 0 Å². The summed E-state index contributed by atoms with van der Waals surface area (Å²) in [4.78, 5) is 27.3. The lowest BCUT2D eigenvalue weighted by Crippen LogP contribution is -3.13. The van der Waals surface area contributed by atoms with Crippen molar-refractivity contribution in [2.75, 3.05) is 29.9 Å². The lowest BCUT2D eigenvalue weighted by atomic mass is 10.3. The lowest BCUT2D eigenvalue weighted by molar-refractivity contribution is -0.910. The molecule has 3 aromatic rings. The summed E-state index contributed by atoms with van der Waals surface area (Å²) >= 11 is 5.98. The van der Waals surface area contributed by atoms with E-state index in [4.69, 9.17) is 21.5 Å². The fourth-order valence-corrected chi connectivity index (χ4v) is 4.98. The first-order valence-electron chi connectivity index (χ1n) is 10.2. The summed E-state index contributed by atoms with van der Waals surface area (Å²) in [5, 5.41) is 12.1. The van der Waals surface area contributed by atoms with Gasteiger partial charge in [-0.15, -0.1) is 0 Å². The molecule has 14 heteroatoms. The third-order valence-electron chi connectivity index (χ3n) is 5.09. The van der Waals surface area contributed by atoms with Gasteiger partial charge in [0.15, 0.2) is 9.84 Å². The molecule has 0 unspecified atom stereocenters. The van der Waals surface area contributed by atoms with Crippen LogP contribution in [0, 0.1) is 0 Å². The van der Waals surface area contributed by atoms with Crippen LogP contribution in [-0.4, -0.2) is 60.5 Å². The van der Waals surface area contributed by atoms with Crippen LogP contribution in [0.25, 0.3) is 5.52 Å². The number of nitrogens with zero attached hydrogens (tertiary/aromatic N) is 2. The van der Waals surface area contributed by atoms with Gasteiger partial charge in [-0.25, -0.2) is 13.4 Å². The van der Waals surface area contributed by atoms with Crippen molar-refractivity contribution in [2.45, 2.75) is 12.7 Å². The van der Waals surface area contributed by atoms with Gasteiger partial charge < -0.3 is 20.1 Å². The number of amides is 1. The smallest absolute Gasteiger partial charge is 0.430 e. The molecule has 2 N–H and O–H groups in total. The molecule has 9 nitrogen and oxygen atoms in total. The average molecular weight is 533 g/mol. The fraction of sp³-hybridized carbons (Fsp3) is 0.286. The summed E-state index contributed by atoms with van der Waals surface area (Å²) in [6.07, 6.45) is -3.39. The molecular formula is C21H20ClF3N4O5S. The van der Waals surface area contributed by atoms with Crippen LogP contribution in [0.1, 0.15) is 16.3 Å². The predicted octanol–water partition coefficient (Wildman–Crippen LogP) is 0.352. The second-order valence-corrected chi connectivity index (χ2v) is 10.4. The van der Waals surface area contributed by atoms with Crippen molar-refractivity contribution in [3.05, 3.63) is 65.2 Å². The Hall–Kier alpha value is -3.16. The highest BCUT2D eigenvalue weighted by Crippen LogP contribution is 2.18. The Balaban J connectivity index is 0.000000429. The van der Waals surface area contributed by atoms with Gasteiger partial charge in [0.1, 0.15) is 18.2 Å². The number of carboxylic acid groups (broad SMARTS) is 1. The first-order valence-corrected chi connectivity index (χ1v) is 12.4. The second kappa shape index (κ2) is 10.6. The van der Waals surface area contributed by atoms with Crippen molar-refractivity contribution >= 4 is 44.5 Å². The number of hydrogen-bond donors (Lipinski definition) is 2. The highest BCUT2D eigenvalue weighted by atomic mass is 35.5. The zero-order chi connectivity index (χ0) is 25.8. The van der Waals surface area contributed by atoms with E-state index in [0.29, 0.717) is 30.3 Å². The van der Waals surface area contributed by atoms with Crippen molar-refractivity contribution in [3.63, 3.8) is 0 Å². The first-order chi connectivity index (χ1) is 16.4. The molecule has 35 heavy (non-hydrogen) atoms. The average Bonchev–Trinajstić information content (AvgIpc) is 3.14. The lowest BCUT2D eigenvalue weighted by Gasteiger charge is -2.22. The monoisotopic (exact) mass is 532 g/mol. The van der Waals surface area contributed by atoms with E-state index in [2.05, 4.69) is 10.3 Å². The summed E-state index contributed by atoms with van der Waals surface area (Å²) in [5.74, 6) is -2.67. The minimum Gasteiger partial charge on any atom is -0.542 e. The number of benzene rings is 1. The standard InChI is InChI=1S/C19H19ClN4O3S.C2HF3O2/c20-14-4-3-5-15(12-14)21-19(25)18-22-16(17-6-1-2-7-24(17)18)13-23-8-10-28(26,27)11-9-23;3-2(4,5)1(6)7/h1-7,12H,8-11,13H2,(H,21,25);(H,6,7). The molecule has 0 saturated carbocycles. The maximum absolute atomic E-state index is 12.8. The summed E-state index contributed by atoms with van der Waals surface area (Å²) < 4.78 is 56.6. The molecule has 0 spiro atoms. The van der Waals surface area contributed by atoms with Crippen LogP contribution in [-0.2, 0) is 21.2 Å². The number of aliphatic carboxylic acids is 1. The largest absolute Gasteiger partial charge is 0.542 e. The number of hydrogen-bond acceptors (Lipinski definition) is 6. The van der Waals surface area contributed by atoms with Crippen LogP contribution >= 0.6 is 11.6 Å². The van der Waals surface area contributed by atoms with Crippen LogP contribution in [0.15, 0.2) is 48.7 Å². The Morgan fingerprint density at radius 1 is 1.14 bits per heavy atom. The van der Waals surface area contributed by atoms with Gasteiger partial charge in [0.2, 0.25) is 5.82 Å². The third-order valence-corrected chi connectivity index (χ3v) is 6.98. The number of anilines is 1. The van der Waals surface area contributed by atoms with E-state index in [0.717, 1.165) is 16.1 Å². The van der Waals surface area contributed by atoms with Crippen molar-refractivity contribution in [1.29, 1.82) is 0 Å². The van der Waals surface area contributed by atoms with E-state index in [9.17, 15) is 26.4 Å². The van der Waals surface area contributed by atoms with Crippen LogP contribution < -0.4 is 15.3 Å². The second-order valence-electron chi connectivity index (χ2n) is 7.67. The van der Waals surface area contributed by atoms with Crippen LogP contribution in [0.4, 0.5) is 18.9 Å². The maximum atomic E-state index is 12.8. The molecular weight excluding hydrogens is 513 g/mol. The van der Waals surface area contributed by atoms with Crippen LogP contribution in [0.5, 0.6) is 0 Å². The molecule has 0 bridgehead atoms. The molecule has 1 saturated heterocycles. The number of carboxylic acids is 1. The minimum absolute atomic E-state index is 0.191. The highest BCUT2D eigenvalue weighted by molar-refractivity contribution is 7.91. The predicted molar refractivity (Wildman–Crippen MR) is 119 cm³/mol. The highest BCUT2D eigenvalue weighted by Gasteiger charge is 2.29. The van der Waals surface area contributed by atoms with E-state index in [1.807, 2.05) is 18.2 Å². The number of alkyl halides is 3. The van der Waals surface area contributed by atoms with E-state index in [-0.39, 0.29) is 23.2 Å². The van der Waals surface area contributed by atoms with Gasteiger partial charge in [-0.05, 0) is 30.3 Å². The van der Waals surface area contributed by atoms with Crippen LogP contribution in [0.2, 0.25) is 5.02 Å². The Morgan fingerprint density at radius 2 is 1.80 bits per heavy atom. The number of fused-ring (bicyclic) bond motifs is 1. The number of imidazole rings is 1. The number of carbonyl (C=O) groups is 2. The molecule has 4 rings (SSSR count). The molecule has 1 amide bonds. The summed E-state index contributed by atoms with van der Waals surface area (Å²) in [5.41, 5.74) is 2.23. The quantitative estimate of drug-likeness (QED) is 0.500. The molecule has 0 aliphatic carbocycles. The van der Waals surface area contributed by atoms with E-state index in [1.165, 1.54) is 0 Å². The zero-order valence-corrected chi connectivity index (χ0v) is 19.6. The summed E-state index contributed by atoms with van der Waals surface area (Å²) in [6.45, 7) is 1.68. The number of aromatic nitrogens is 2. The minimum atomic E-state index is -5.19. The molecule has 0 atom stereocenters. The molecule has 3 heterocycles. The van der Waals surface area contributed by atoms with Gasteiger partial charge in [-0.1, -0.05) is 23.7 Å². The number of nitrogens with one attached hydrogen (secondary N) is 2. The molecule has 1 aliphatic heterocycles. The van der Waals surface area contributed by atoms with Crippen LogP contribution in [0.3, 0.4) is 0 Å². The molecule has 188 valence electrons. The maximum Gasteiger partial charge on any atom is 0.430 e. The fourth-order valence-electron chi connectivity index (χ4n) is 3.39. The molecule has 1 fully saturated rings. The Bertz CT molecular complexity index is 1330. The van der Waals surface area contributed by atoms with Gasteiger partial charge in [-0.3, -0.25) is 9.20 Å². The molecule has 1 aliphatic rings. The third kappa shape index (κ3) is 7.16. The van der Waals surface area contributed by atoms with E-state index < -0.39 is 22.0 Å². The topological polar surface area (TPSA) is 125 Å². The van der Waals surface area contributed by atoms with Crippen molar-refractivity contribution in [1.82, 2.24) is 9.38 Å². The number of quaternary nitrogens is 1. The van der Waals surface area contributed by atoms with Crippen molar-refractivity contribution < 1.29 is 41.2 Å². The van der Waals surface area contributed by atoms with Gasteiger partial charge in [-0.2, -0.15) is 13.2 Å². The number of halogens is 4. The number of carbonyl (C=O) groups excluding carboxylic acids is 2. The normalized spacial score (nSPS) is 15.8. The Labute approximate surface area is 203 Å². The van der Waals surface area contributed by atoms with E-state index in [1.54, 1.807) is 34.9 Å². The Morgan fingerprint density at radius 3 is 2.40 bits per heavy atom. The SMILES string of the molecule is O=C(Nc1cccc(Cl)c1)c1nc(C[NH+]2CCS(=O)(=O)CC2)c2ccccn12.O=C([O-])C(F)(F)F. The van der Waals surface area contributed by atoms with Gasteiger partial charge in [0.05, 0.1) is 30.1 Å². The first kappa shape index (κ1) is 26.4. The number of rotatable bonds is 4.